The Labute approximate surface area is 92.5 Å². The summed E-state index contributed by atoms with van der Waals surface area (Å²) < 4.78 is 0. The molecule has 16 heavy (non-hydrogen) atoms. The highest BCUT2D eigenvalue weighted by Gasteiger charge is 2.20. The number of rotatable bonds is 3. The predicted octanol–water partition coefficient (Wildman–Crippen LogP) is 0.179. The molecular formula is C11H11N3O2. The summed E-state index contributed by atoms with van der Waals surface area (Å²) in [6, 6.07) is 9.55. The second kappa shape index (κ2) is 4.57. The average molecular weight is 217 g/mol. The Balaban J connectivity index is 1.87. The number of carbonyl (C=O) groups excluding carboxylic acids is 2. The maximum Gasteiger partial charge on any atom is 0.268 e. The van der Waals surface area contributed by atoms with Gasteiger partial charge in [0.1, 0.15) is 5.71 Å². The van der Waals surface area contributed by atoms with Gasteiger partial charge in [-0.25, -0.2) is 5.43 Å². The molecule has 1 aromatic carbocycles. The highest BCUT2D eigenvalue weighted by Crippen LogP contribution is 1.99. The van der Waals surface area contributed by atoms with Gasteiger partial charge in [-0.05, 0) is 5.56 Å². The van der Waals surface area contributed by atoms with Gasteiger partial charge in [0.25, 0.3) is 5.91 Å². The van der Waals surface area contributed by atoms with Crippen LogP contribution < -0.4 is 10.7 Å². The molecule has 82 valence electrons. The lowest BCUT2D eigenvalue weighted by molar-refractivity contribution is -0.120. The summed E-state index contributed by atoms with van der Waals surface area (Å²) in [6.07, 6.45) is 0.0562. The van der Waals surface area contributed by atoms with E-state index in [1.54, 1.807) is 0 Å². The lowest BCUT2D eigenvalue weighted by Gasteiger charge is -2.03. The van der Waals surface area contributed by atoms with Gasteiger partial charge in [-0.1, -0.05) is 30.3 Å². The third kappa shape index (κ3) is 2.44. The van der Waals surface area contributed by atoms with Gasteiger partial charge in [-0.2, -0.15) is 5.10 Å². The summed E-state index contributed by atoms with van der Waals surface area (Å²) in [5.74, 6) is -0.549. The quantitative estimate of drug-likeness (QED) is 0.758. The molecule has 0 unspecified atom stereocenters. The van der Waals surface area contributed by atoms with Crippen LogP contribution in [0.5, 0.6) is 0 Å². The molecule has 1 aliphatic rings. The van der Waals surface area contributed by atoms with E-state index in [0.717, 1.165) is 5.56 Å². The number of carbonyl (C=O) groups is 2. The summed E-state index contributed by atoms with van der Waals surface area (Å²) in [5.41, 5.74) is 3.48. The Hall–Kier alpha value is -2.17. The first-order valence-electron chi connectivity index (χ1n) is 4.93. The molecular weight excluding hydrogens is 206 g/mol. The van der Waals surface area contributed by atoms with Crippen LogP contribution in [0.2, 0.25) is 0 Å². The molecule has 2 N–H and O–H groups in total. The molecule has 0 atom stereocenters. The zero-order valence-electron chi connectivity index (χ0n) is 8.56. The van der Waals surface area contributed by atoms with Crippen molar-refractivity contribution in [2.75, 3.05) is 0 Å². The minimum Gasteiger partial charge on any atom is -0.347 e. The number of benzene rings is 1. The Morgan fingerprint density at radius 3 is 2.75 bits per heavy atom. The number of hydrogen-bond donors (Lipinski definition) is 2. The Kier molecular flexibility index (Phi) is 2.95. The topological polar surface area (TPSA) is 70.6 Å². The van der Waals surface area contributed by atoms with Crippen molar-refractivity contribution in [3.63, 3.8) is 0 Å². The third-order valence-electron chi connectivity index (χ3n) is 2.20. The zero-order chi connectivity index (χ0) is 11.4. The van der Waals surface area contributed by atoms with Gasteiger partial charge in [0, 0.05) is 6.54 Å². The molecule has 0 aromatic heterocycles. The normalized spacial score (nSPS) is 14.2. The van der Waals surface area contributed by atoms with Crippen LogP contribution in [0.4, 0.5) is 0 Å². The van der Waals surface area contributed by atoms with E-state index in [1.165, 1.54) is 0 Å². The van der Waals surface area contributed by atoms with Gasteiger partial charge in [-0.3, -0.25) is 9.59 Å². The first-order valence-corrected chi connectivity index (χ1v) is 4.93. The number of hydrogen-bond acceptors (Lipinski definition) is 3. The number of amides is 2. The monoisotopic (exact) mass is 217 g/mol. The van der Waals surface area contributed by atoms with Crippen LogP contribution in [0.1, 0.15) is 12.0 Å². The van der Waals surface area contributed by atoms with Crippen LogP contribution in [0.3, 0.4) is 0 Å². The van der Waals surface area contributed by atoms with Crippen molar-refractivity contribution in [2.24, 2.45) is 5.10 Å². The summed E-state index contributed by atoms with van der Waals surface area (Å²) in [6.45, 7) is 0.437. The van der Waals surface area contributed by atoms with Crippen molar-refractivity contribution in [1.82, 2.24) is 10.7 Å². The second-order valence-electron chi connectivity index (χ2n) is 3.44. The summed E-state index contributed by atoms with van der Waals surface area (Å²) in [4.78, 5) is 22.4. The van der Waals surface area contributed by atoms with Gasteiger partial charge in [0.15, 0.2) is 0 Å². The van der Waals surface area contributed by atoms with Crippen LogP contribution in [-0.4, -0.2) is 17.5 Å². The summed E-state index contributed by atoms with van der Waals surface area (Å²) >= 11 is 0. The Bertz CT molecular complexity index is 440. The molecule has 5 nitrogen and oxygen atoms in total. The van der Waals surface area contributed by atoms with Crippen LogP contribution in [0, 0.1) is 0 Å². The Morgan fingerprint density at radius 2 is 2.12 bits per heavy atom. The molecule has 0 saturated carbocycles. The molecule has 0 bridgehead atoms. The SMILES string of the molecule is O=C1CC(C(=O)NCc2ccccc2)=NN1. The van der Waals surface area contributed by atoms with E-state index < -0.39 is 0 Å². The molecule has 1 aliphatic heterocycles. The van der Waals surface area contributed by atoms with E-state index in [4.69, 9.17) is 0 Å². The molecule has 0 fully saturated rings. The average Bonchev–Trinajstić information content (AvgIpc) is 2.74. The van der Waals surface area contributed by atoms with Gasteiger partial charge >= 0.3 is 0 Å². The van der Waals surface area contributed by atoms with Crippen LogP contribution >= 0.6 is 0 Å². The molecule has 0 saturated heterocycles. The van der Waals surface area contributed by atoms with Crippen molar-refractivity contribution in [1.29, 1.82) is 0 Å². The van der Waals surface area contributed by atoms with Crippen molar-refractivity contribution in [3.05, 3.63) is 35.9 Å². The number of hydrazone groups is 1. The summed E-state index contributed by atoms with van der Waals surface area (Å²) in [7, 11) is 0. The predicted molar refractivity (Wildman–Crippen MR) is 58.5 cm³/mol. The highest BCUT2D eigenvalue weighted by atomic mass is 16.2. The second-order valence-corrected chi connectivity index (χ2v) is 3.44. The van der Waals surface area contributed by atoms with E-state index in [1.807, 2.05) is 30.3 Å². The molecule has 5 heteroatoms. The number of nitrogens with zero attached hydrogens (tertiary/aromatic N) is 1. The number of nitrogens with one attached hydrogen (secondary N) is 2. The smallest absolute Gasteiger partial charge is 0.268 e. The van der Waals surface area contributed by atoms with Crippen molar-refractivity contribution in [2.45, 2.75) is 13.0 Å². The highest BCUT2D eigenvalue weighted by molar-refractivity contribution is 6.43. The van der Waals surface area contributed by atoms with E-state index in [0.29, 0.717) is 6.54 Å². The van der Waals surface area contributed by atoms with E-state index in [2.05, 4.69) is 15.8 Å². The van der Waals surface area contributed by atoms with Crippen molar-refractivity contribution < 1.29 is 9.59 Å². The van der Waals surface area contributed by atoms with Gasteiger partial charge in [0.2, 0.25) is 5.91 Å². The minimum absolute atomic E-state index is 0.0562. The molecule has 2 amide bonds. The fraction of sp³-hybridized carbons (Fsp3) is 0.182. The van der Waals surface area contributed by atoms with E-state index in [-0.39, 0.29) is 23.9 Å². The van der Waals surface area contributed by atoms with E-state index in [9.17, 15) is 9.59 Å². The molecule has 0 spiro atoms. The maximum atomic E-state index is 11.5. The molecule has 0 aliphatic carbocycles. The molecule has 0 radical (unpaired) electrons. The fourth-order valence-electron chi connectivity index (χ4n) is 1.37. The van der Waals surface area contributed by atoms with Crippen molar-refractivity contribution >= 4 is 17.5 Å². The molecule has 1 heterocycles. The van der Waals surface area contributed by atoms with E-state index >= 15 is 0 Å². The van der Waals surface area contributed by atoms with Crippen molar-refractivity contribution in [3.8, 4) is 0 Å². The van der Waals surface area contributed by atoms with Crippen LogP contribution in [0.25, 0.3) is 0 Å². The first kappa shape index (κ1) is 10.4. The minimum atomic E-state index is -0.304. The Morgan fingerprint density at radius 1 is 1.38 bits per heavy atom. The summed E-state index contributed by atoms with van der Waals surface area (Å²) in [5, 5.41) is 6.33. The van der Waals surface area contributed by atoms with Gasteiger partial charge in [-0.15, -0.1) is 0 Å². The first-order chi connectivity index (χ1) is 7.75. The van der Waals surface area contributed by atoms with Gasteiger partial charge in [0.05, 0.1) is 6.42 Å². The van der Waals surface area contributed by atoms with Crippen LogP contribution in [0.15, 0.2) is 35.4 Å². The molecule has 2 rings (SSSR count). The standard InChI is InChI=1S/C11H11N3O2/c15-10-6-9(13-14-10)11(16)12-7-8-4-2-1-3-5-8/h1-5H,6-7H2,(H,12,16)(H,14,15). The lowest BCUT2D eigenvalue weighted by atomic mass is 10.2. The van der Waals surface area contributed by atoms with Crippen LogP contribution in [-0.2, 0) is 16.1 Å². The third-order valence-corrected chi connectivity index (χ3v) is 2.20. The lowest BCUT2D eigenvalue weighted by Crippen LogP contribution is -2.30. The molecule has 1 aromatic rings. The largest absolute Gasteiger partial charge is 0.347 e. The zero-order valence-corrected chi connectivity index (χ0v) is 8.56. The maximum absolute atomic E-state index is 11.5. The fourth-order valence-corrected chi connectivity index (χ4v) is 1.37. The van der Waals surface area contributed by atoms with Gasteiger partial charge < -0.3 is 5.32 Å².